The average molecular weight is 461 g/mol. The van der Waals surface area contributed by atoms with E-state index in [9.17, 15) is 13.2 Å². The van der Waals surface area contributed by atoms with Crippen LogP contribution in [-0.4, -0.2) is 21.3 Å². The fourth-order valence-corrected chi connectivity index (χ4v) is 4.93. The summed E-state index contributed by atoms with van der Waals surface area (Å²) in [6.07, 6.45) is 4.15. The molecular weight excluding hydrogens is 436 g/mol. The summed E-state index contributed by atoms with van der Waals surface area (Å²) in [4.78, 5) is 13.3. The van der Waals surface area contributed by atoms with Crippen molar-refractivity contribution in [1.29, 1.82) is 0 Å². The number of sulfone groups is 1. The molecule has 0 heterocycles. The van der Waals surface area contributed by atoms with E-state index < -0.39 is 9.84 Å². The standard InChI is InChI=1S/C27H24O5S/c1-19-3-15-25(16-4-19)33(29,30)26-17-13-24(14-18-26)32-23-11-7-21(8-12-23)27(28)20-5-9-22(31-2)10-6-20/h3-13,15-17H,14,18H2,1-2H3. The van der Waals surface area contributed by atoms with E-state index in [-0.39, 0.29) is 5.78 Å². The highest BCUT2D eigenvalue weighted by Crippen LogP contribution is 2.29. The van der Waals surface area contributed by atoms with Gasteiger partial charge in [0.2, 0.25) is 9.84 Å². The van der Waals surface area contributed by atoms with Crippen LogP contribution < -0.4 is 9.47 Å². The largest absolute Gasteiger partial charge is 0.497 e. The Morgan fingerprint density at radius 2 is 1.33 bits per heavy atom. The quantitative estimate of drug-likeness (QED) is 0.426. The molecule has 0 unspecified atom stereocenters. The van der Waals surface area contributed by atoms with E-state index in [1.54, 1.807) is 92.1 Å². The van der Waals surface area contributed by atoms with Crippen molar-refractivity contribution in [2.75, 3.05) is 7.11 Å². The molecule has 0 aliphatic heterocycles. The number of ether oxygens (including phenoxy) is 2. The van der Waals surface area contributed by atoms with Gasteiger partial charge in [0.15, 0.2) is 5.78 Å². The predicted octanol–water partition coefficient (Wildman–Crippen LogP) is 5.65. The smallest absolute Gasteiger partial charge is 0.202 e. The van der Waals surface area contributed by atoms with Crippen LogP contribution in [0.4, 0.5) is 0 Å². The van der Waals surface area contributed by atoms with Gasteiger partial charge >= 0.3 is 0 Å². The fraction of sp³-hybridized carbons (Fsp3) is 0.148. The molecular formula is C27H24O5S. The third-order valence-electron chi connectivity index (χ3n) is 5.47. The van der Waals surface area contributed by atoms with Crippen LogP contribution in [0.5, 0.6) is 11.5 Å². The Bertz CT molecular complexity index is 1310. The Morgan fingerprint density at radius 1 is 0.758 bits per heavy atom. The average Bonchev–Trinajstić information content (AvgIpc) is 2.85. The van der Waals surface area contributed by atoms with Crippen LogP contribution in [0.3, 0.4) is 0 Å². The van der Waals surface area contributed by atoms with E-state index in [0.717, 1.165) is 5.56 Å². The molecule has 6 heteroatoms. The minimum absolute atomic E-state index is 0.0880. The lowest BCUT2D eigenvalue weighted by atomic mass is 10.0. The molecule has 0 saturated carbocycles. The highest BCUT2D eigenvalue weighted by molar-refractivity contribution is 7.95. The number of methoxy groups -OCH3 is 1. The lowest BCUT2D eigenvalue weighted by molar-refractivity contribution is 0.103. The first-order valence-electron chi connectivity index (χ1n) is 10.5. The third-order valence-corrected chi connectivity index (χ3v) is 7.39. The number of hydrogen-bond acceptors (Lipinski definition) is 5. The van der Waals surface area contributed by atoms with Crippen LogP contribution in [0.25, 0.3) is 0 Å². The molecule has 5 nitrogen and oxygen atoms in total. The molecule has 33 heavy (non-hydrogen) atoms. The van der Waals surface area contributed by atoms with E-state index in [1.165, 1.54) is 0 Å². The Morgan fingerprint density at radius 3 is 1.85 bits per heavy atom. The highest BCUT2D eigenvalue weighted by Gasteiger charge is 2.23. The van der Waals surface area contributed by atoms with Crippen LogP contribution in [0.2, 0.25) is 0 Å². The van der Waals surface area contributed by atoms with E-state index in [1.807, 2.05) is 6.92 Å². The second-order valence-corrected chi connectivity index (χ2v) is 9.77. The summed E-state index contributed by atoms with van der Waals surface area (Å²) in [5, 5.41) is 0. The molecule has 0 N–H and O–H groups in total. The van der Waals surface area contributed by atoms with Crippen LogP contribution in [0.15, 0.2) is 101 Å². The van der Waals surface area contributed by atoms with Gasteiger partial charge < -0.3 is 9.47 Å². The first kappa shape index (κ1) is 22.6. The Balaban J connectivity index is 1.44. The van der Waals surface area contributed by atoms with Crippen molar-refractivity contribution in [1.82, 2.24) is 0 Å². The van der Waals surface area contributed by atoms with Gasteiger partial charge in [-0.25, -0.2) is 8.42 Å². The van der Waals surface area contributed by atoms with Crippen molar-refractivity contribution >= 4 is 15.6 Å². The molecule has 0 atom stereocenters. The van der Waals surface area contributed by atoms with E-state index >= 15 is 0 Å². The molecule has 0 aromatic heterocycles. The van der Waals surface area contributed by atoms with Crippen LogP contribution in [0.1, 0.15) is 34.3 Å². The van der Waals surface area contributed by atoms with Crippen LogP contribution in [-0.2, 0) is 9.84 Å². The summed E-state index contributed by atoms with van der Waals surface area (Å²) >= 11 is 0. The summed E-state index contributed by atoms with van der Waals surface area (Å²) in [7, 11) is -1.93. The number of hydrogen-bond donors (Lipinski definition) is 0. The topological polar surface area (TPSA) is 69.7 Å². The maximum atomic E-state index is 12.8. The van der Waals surface area contributed by atoms with E-state index in [0.29, 0.717) is 51.0 Å². The van der Waals surface area contributed by atoms with Crippen molar-refractivity contribution in [2.45, 2.75) is 24.7 Å². The van der Waals surface area contributed by atoms with E-state index in [4.69, 9.17) is 9.47 Å². The second kappa shape index (κ2) is 9.46. The number of ketones is 1. The summed E-state index contributed by atoms with van der Waals surface area (Å²) in [6, 6.07) is 20.7. The van der Waals surface area contributed by atoms with Crippen LogP contribution in [0, 0.1) is 6.92 Å². The maximum Gasteiger partial charge on any atom is 0.202 e. The van der Waals surface area contributed by atoms with Gasteiger partial charge in [0.1, 0.15) is 17.3 Å². The zero-order chi connectivity index (χ0) is 23.4. The zero-order valence-electron chi connectivity index (χ0n) is 18.4. The molecule has 0 saturated heterocycles. The number of rotatable bonds is 7. The lowest BCUT2D eigenvalue weighted by Crippen LogP contribution is -2.09. The van der Waals surface area contributed by atoms with Gasteiger partial charge in [-0.05, 0) is 86.2 Å². The van der Waals surface area contributed by atoms with Crippen molar-refractivity contribution in [3.05, 3.63) is 112 Å². The molecule has 168 valence electrons. The number of allylic oxidation sites excluding steroid dienone is 4. The molecule has 0 spiro atoms. The molecule has 0 fully saturated rings. The molecule has 3 aromatic carbocycles. The third kappa shape index (κ3) is 5.07. The molecule has 4 rings (SSSR count). The molecule has 1 aliphatic carbocycles. The SMILES string of the molecule is COc1ccc(C(=O)c2ccc(OC3=CC=C(S(=O)(=O)c4ccc(C)cc4)CC3)cc2)cc1. The summed E-state index contributed by atoms with van der Waals surface area (Å²) in [5.74, 6) is 1.87. The molecule has 0 radical (unpaired) electrons. The predicted molar refractivity (Wildman–Crippen MR) is 127 cm³/mol. The van der Waals surface area contributed by atoms with E-state index in [2.05, 4.69) is 0 Å². The first-order chi connectivity index (χ1) is 15.9. The maximum absolute atomic E-state index is 12.8. The zero-order valence-corrected chi connectivity index (χ0v) is 19.3. The molecule has 3 aromatic rings. The minimum Gasteiger partial charge on any atom is -0.497 e. The van der Waals surface area contributed by atoms with Crippen molar-refractivity contribution in [2.24, 2.45) is 0 Å². The first-order valence-corrected chi connectivity index (χ1v) is 12.0. The van der Waals surface area contributed by atoms with Gasteiger partial charge in [0.25, 0.3) is 0 Å². The van der Waals surface area contributed by atoms with Crippen LogP contribution >= 0.6 is 0 Å². The number of aryl methyl sites for hydroxylation is 1. The van der Waals surface area contributed by atoms with Gasteiger partial charge in [-0.2, -0.15) is 0 Å². The van der Waals surface area contributed by atoms with Gasteiger partial charge in [0, 0.05) is 22.5 Å². The highest BCUT2D eigenvalue weighted by atomic mass is 32.2. The Hall–Kier alpha value is -3.64. The summed E-state index contributed by atoms with van der Waals surface area (Å²) in [5.41, 5.74) is 2.14. The summed E-state index contributed by atoms with van der Waals surface area (Å²) in [6.45, 7) is 1.92. The Kier molecular flexibility index (Phi) is 6.47. The van der Waals surface area contributed by atoms with Gasteiger partial charge in [-0.15, -0.1) is 0 Å². The fourth-order valence-electron chi connectivity index (χ4n) is 3.51. The Labute approximate surface area is 193 Å². The van der Waals surface area contributed by atoms with Gasteiger partial charge in [-0.3, -0.25) is 4.79 Å². The van der Waals surface area contributed by atoms with Crippen molar-refractivity contribution < 1.29 is 22.7 Å². The number of benzene rings is 3. The second-order valence-electron chi connectivity index (χ2n) is 7.77. The molecule has 1 aliphatic rings. The summed E-state index contributed by atoms with van der Waals surface area (Å²) < 4.78 is 36.7. The number of carbonyl (C=O) groups is 1. The number of carbonyl (C=O) groups excluding carboxylic acids is 1. The van der Waals surface area contributed by atoms with Gasteiger partial charge in [-0.1, -0.05) is 17.7 Å². The minimum atomic E-state index is -3.51. The molecule has 0 bridgehead atoms. The van der Waals surface area contributed by atoms with Gasteiger partial charge in [0.05, 0.1) is 12.0 Å². The monoisotopic (exact) mass is 460 g/mol. The molecule has 0 amide bonds. The van der Waals surface area contributed by atoms with Crippen molar-refractivity contribution in [3.8, 4) is 11.5 Å². The van der Waals surface area contributed by atoms with Crippen molar-refractivity contribution in [3.63, 3.8) is 0 Å². The normalized spacial score (nSPS) is 13.6. The lowest BCUT2D eigenvalue weighted by Gasteiger charge is -2.16.